The minimum absolute atomic E-state index is 0. The van der Waals surface area contributed by atoms with Gasteiger partial charge in [-0.1, -0.05) is 36.4 Å². The van der Waals surface area contributed by atoms with Crippen LogP contribution < -0.4 is 37.8 Å². The number of Topliss-reactive ketones (excluding diaryl/α,β-unsaturated/α-hetero) is 1. The summed E-state index contributed by atoms with van der Waals surface area (Å²) >= 11 is 0. The van der Waals surface area contributed by atoms with Crippen LogP contribution in [0.5, 0.6) is 69.0 Å². The second-order valence-corrected chi connectivity index (χ2v) is 27.4. The largest absolute Gasteiger partial charge is 1.00 e. The topological polar surface area (TPSA) is 477 Å². The van der Waals surface area contributed by atoms with Crippen molar-refractivity contribution in [3.63, 3.8) is 0 Å². The van der Waals surface area contributed by atoms with Crippen LogP contribution in [0, 0.1) is 0 Å². The molecular weight excluding hydrogens is 1380 g/mol. The van der Waals surface area contributed by atoms with Gasteiger partial charge in [0.25, 0.3) is 11.6 Å². The molecule has 28 nitrogen and oxygen atoms in total. The number of carboxylic acids is 3. The van der Waals surface area contributed by atoms with E-state index >= 15 is 0 Å². The molecule has 0 aromatic heterocycles. The Kier molecular flexibility index (Phi) is 26.0. The van der Waals surface area contributed by atoms with E-state index in [1.165, 1.54) is 81.8 Å². The molecule has 6 aromatic carbocycles. The summed E-state index contributed by atoms with van der Waals surface area (Å²) in [5.74, 6) is -2.38. The predicted octanol–water partition coefficient (Wildman–Crippen LogP) is 7.16. The molecule has 0 unspecified atom stereocenters. The molecule has 14 N–H and O–H groups in total. The molecule has 17 rings (SSSR count). The number of ether oxygens (including phenoxy) is 7. The Morgan fingerprint density at radius 3 is 0.830 bits per heavy atom. The third-order valence-corrected chi connectivity index (χ3v) is 20.6. The minimum atomic E-state index is -0.873. The molecule has 9 fully saturated rings. The van der Waals surface area contributed by atoms with Gasteiger partial charge in [0.05, 0.1) is 41.3 Å². The van der Waals surface area contributed by atoms with E-state index in [9.17, 15) is 59.1 Å². The summed E-state index contributed by atoms with van der Waals surface area (Å²) in [7, 11) is 4.79. The quantitative estimate of drug-likeness (QED) is 0.0250. The summed E-state index contributed by atoms with van der Waals surface area (Å²) in [5.41, 5.74) is 0.425. The van der Waals surface area contributed by atoms with Crippen LogP contribution in [0.15, 0.2) is 109 Å². The van der Waals surface area contributed by atoms with Crippen molar-refractivity contribution in [1.29, 1.82) is 0 Å². The number of ketones is 1. The van der Waals surface area contributed by atoms with Crippen molar-refractivity contribution < 1.29 is 157 Å². The summed E-state index contributed by atoms with van der Waals surface area (Å²) in [4.78, 5) is 77.4. The van der Waals surface area contributed by atoms with Crippen molar-refractivity contribution in [2.75, 3.05) is 28.4 Å². The van der Waals surface area contributed by atoms with E-state index in [4.69, 9.17) is 74.0 Å². The Morgan fingerprint density at radius 2 is 0.604 bits per heavy atom. The molecule has 11 aliphatic rings. The van der Waals surface area contributed by atoms with Crippen molar-refractivity contribution in [3.8, 4) is 69.0 Å². The number of rotatable bonds is 12. The van der Waals surface area contributed by atoms with Gasteiger partial charge in [-0.2, -0.15) is 0 Å². The predicted molar refractivity (Wildman–Crippen MR) is 369 cm³/mol. The standard InChI is InChI=1S/C15H16O4.C14H14O4.2C11H12O4.2C10H10O4.C4H6O.2CH4O.Li.H2O/c1-17-13(16)14(7-8-14)10-3-4-11-12(9-10)19-15(18-11)5-2-6-15;15-12(16)13(6-7-13)9-2-3-10-11(8-9)18-14(17-10)4-1-5-14;1-15-10(14)11(4-5-11)7-2-3-8(12)9(13)6-7;1-7(12)15-11(4-5-11)8-2-3-9(13)10(14)6-8;2*11-7-2-1-6(5-8(7)12)10(3-4-10)9(13)14;5-4-2-1-3-4;2*1-2;;/h3-4,9H,2,5-8H2,1H3;2-3,8H,1,4-7H2,(H,15,16);2-3,6,12-13H,4-5H2,1H3;2-3,6,13-14H,4-5H2,1H3;2*1-2,5,11-12H,3-4H2,(H,13,14);1-3H2;2*2H,1H3;;1H2/q;;;;;;;;;+1;/p-1. The van der Waals surface area contributed by atoms with Gasteiger partial charge in [0.1, 0.15) is 11.4 Å². The monoisotopic (exact) mass is 1470 g/mol. The number of aliphatic hydroxyl groups is 2. The summed E-state index contributed by atoms with van der Waals surface area (Å²) in [6.45, 7) is 1.36. The molecule has 0 atom stereocenters. The van der Waals surface area contributed by atoms with Crippen LogP contribution in [-0.2, 0) is 80.4 Å². The fourth-order valence-corrected chi connectivity index (χ4v) is 12.7. The summed E-state index contributed by atoms with van der Waals surface area (Å²) < 4.78 is 38.3. The zero-order chi connectivity index (χ0) is 76.0. The molecule has 566 valence electrons. The van der Waals surface area contributed by atoms with Crippen LogP contribution in [0.4, 0.5) is 0 Å². The van der Waals surface area contributed by atoms with Crippen molar-refractivity contribution in [2.45, 2.75) is 186 Å². The Labute approximate surface area is 622 Å². The van der Waals surface area contributed by atoms with Gasteiger partial charge in [0.2, 0.25) is 0 Å². The van der Waals surface area contributed by atoms with Gasteiger partial charge in [-0.25, -0.2) is 0 Å². The summed E-state index contributed by atoms with van der Waals surface area (Å²) in [6, 6.07) is 28.7. The number of fused-ring (bicyclic) bond motifs is 2. The van der Waals surface area contributed by atoms with Crippen molar-refractivity contribution in [3.05, 3.63) is 143 Å². The van der Waals surface area contributed by atoms with Gasteiger partial charge in [-0.15, -0.1) is 0 Å². The number of phenolic OH excluding ortho intramolecular Hbond substituents is 8. The van der Waals surface area contributed by atoms with Gasteiger partial charge in [0, 0.05) is 59.7 Å². The average Bonchev–Trinajstić information content (AvgIpc) is 1.55. The number of carbonyl (C=O) groups excluding carboxylic acids is 4. The number of esters is 3. The molecule has 0 radical (unpaired) electrons. The number of methoxy groups -OCH3 is 2. The Hall–Kier alpha value is -10.1. The molecule has 9 aliphatic carbocycles. The van der Waals surface area contributed by atoms with Gasteiger partial charge in [0.15, 0.2) is 69.0 Å². The van der Waals surface area contributed by atoms with Crippen molar-refractivity contribution in [2.24, 2.45) is 0 Å². The minimum Gasteiger partial charge on any atom is -0.870 e. The number of hydrogen-bond donors (Lipinski definition) is 13. The molecular formula is C77H89LiO28. The first kappa shape index (κ1) is 83.2. The van der Waals surface area contributed by atoms with Crippen LogP contribution in [-0.4, -0.2) is 153 Å². The molecule has 0 saturated heterocycles. The Bertz CT molecular complexity index is 4120. The molecule has 0 bridgehead atoms. The van der Waals surface area contributed by atoms with Gasteiger partial charge >= 0.3 is 54.7 Å². The second kappa shape index (κ2) is 33.1. The van der Waals surface area contributed by atoms with E-state index in [1.54, 1.807) is 12.1 Å². The van der Waals surface area contributed by atoms with E-state index in [1.807, 2.05) is 36.4 Å². The van der Waals surface area contributed by atoms with E-state index in [0.29, 0.717) is 66.7 Å². The third-order valence-electron chi connectivity index (χ3n) is 20.6. The summed E-state index contributed by atoms with van der Waals surface area (Å²) in [6.07, 6.45) is 17.3. The molecule has 2 aliphatic heterocycles. The fourth-order valence-electron chi connectivity index (χ4n) is 12.7. The summed E-state index contributed by atoms with van der Waals surface area (Å²) in [5, 5.41) is 115. The van der Waals surface area contributed by atoms with Crippen molar-refractivity contribution >= 4 is 41.6 Å². The number of hydrogen-bond acceptors (Lipinski definition) is 25. The number of aliphatic hydroxyl groups excluding tert-OH is 2. The molecule has 29 heteroatoms. The maximum absolute atomic E-state index is 11.9. The van der Waals surface area contributed by atoms with Crippen LogP contribution in [0.2, 0.25) is 0 Å². The number of carbonyl (C=O) groups is 7. The number of phenols is 8. The maximum atomic E-state index is 11.9. The normalized spacial score (nSPS) is 19.1. The number of benzene rings is 6. The Balaban J connectivity index is 0.000000173. The molecule has 6 aromatic rings. The number of carboxylic acid groups (broad SMARTS) is 3. The van der Waals surface area contributed by atoms with Gasteiger partial charge in [-0.3, -0.25) is 33.6 Å². The van der Waals surface area contributed by atoms with E-state index in [2.05, 4.69) is 0 Å². The van der Waals surface area contributed by atoms with E-state index in [0.717, 1.165) is 144 Å². The zero-order valence-electron chi connectivity index (χ0n) is 59.7. The SMILES string of the molecule is CC(=O)OC1(c2ccc(O)c(O)c2)CC1.CO.CO.COC(=O)C1(c2ccc(O)c(O)c2)CC1.COC(=O)C1(c2ccc3c(c2)OC2(CCC2)O3)CC1.O=C(O)C1(c2ccc(O)c(O)c2)CC1.O=C(O)C1(c2ccc(O)c(O)c2)CC1.O=C(O)C1(c2ccc3c(c2)OC2(CCC2)O3)CC1.O=C1CCC1.[Li+].[OH-]. The van der Waals surface area contributed by atoms with Crippen molar-refractivity contribution in [1.82, 2.24) is 0 Å². The average molecular weight is 1470 g/mol. The van der Waals surface area contributed by atoms with Crippen LogP contribution in [0.1, 0.15) is 175 Å². The number of aromatic hydroxyl groups is 8. The molecule has 2 spiro atoms. The molecule has 106 heavy (non-hydrogen) atoms. The van der Waals surface area contributed by atoms with Gasteiger partial charge in [-0.05, 0) is 202 Å². The first-order valence-corrected chi connectivity index (χ1v) is 34.1. The molecule has 9 saturated carbocycles. The van der Waals surface area contributed by atoms with Crippen LogP contribution >= 0.6 is 0 Å². The maximum Gasteiger partial charge on any atom is 1.00 e. The smallest absolute Gasteiger partial charge is 0.870 e. The van der Waals surface area contributed by atoms with Crippen LogP contribution in [0.25, 0.3) is 0 Å². The van der Waals surface area contributed by atoms with Crippen LogP contribution in [0.3, 0.4) is 0 Å². The fraction of sp³-hybridized carbons (Fsp3) is 0.442. The van der Waals surface area contributed by atoms with E-state index < -0.39 is 62.2 Å². The molecule has 2 heterocycles. The first-order valence-electron chi connectivity index (χ1n) is 34.1. The zero-order valence-corrected chi connectivity index (χ0v) is 59.7. The van der Waals surface area contributed by atoms with E-state index in [-0.39, 0.29) is 88.2 Å². The third kappa shape index (κ3) is 17.5. The first-order chi connectivity index (χ1) is 49.5. The van der Waals surface area contributed by atoms with Gasteiger partial charge < -0.3 is 105 Å². The Morgan fingerprint density at radius 1 is 0.349 bits per heavy atom. The molecule has 0 amide bonds. The second-order valence-electron chi connectivity index (χ2n) is 27.4. The number of aliphatic carboxylic acids is 3.